The minimum atomic E-state index is -0.324. The van der Waals surface area contributed by atoms with E-state index in [9.17, 15) is 9.59 Å². The summed E-state index contributed by atoms with van der Waals surface area (Å²) in [4.78, 5) is 31.6. The fourth-order valence-corrected chi connectivity index (χ4v) is 4.47. The van der Waals surface area contributed by atoms with E-state index in [1.165, 1.54) is 0 Å². The molecule has 1 N–H and O–H groups in total. The predicted octanol–water partition coefficient (Wildman–Crippen LogP) is 2.27. The number of aromatic amines is 1. The van der Waals surface area contributed by atoms with Gasteiger partial charge in [-0.25, -0.2) is 0 Å². The maximum Gasteiger partial charge on any atom is 0.229 e. The molecule has 1 aromatic heterocycles. The number of piperazine rings is 1. The number of hydrogen-bond acceptors (Lipinski definition) is 5. The minimum absolute atomic E-state index is 0.0486. The Balaban J connectivity index is 1.22. The Bertz CT molecular complexity index is 1100. The van der Waals surface area contributed by atoms with Crippen molar-refractivity contribution < 1.29 is 14.3 Å². The third-order valence-corrected chi connectivity index (χ3v) is 6.21. The first-order chi connectivity index (χ1) is 15.1. The zero-order chi connectivity index (χ0) is 21.4. The number of para-hydroxylation sites is 1. The van der Waals surface area contributed by atoms with Crippen LogP contribution in [0.4, 0.5) is 11.5 Å². The average Bonchev–Trinajstić information content (AvgIpc) is 3.42. The molecule has 3 heterocycles. The fraction of sp³-hybridized carbons (Fsp3) is 0.348. The molecule has 0 bridgehead atoms. The van der Waals surface area contributed by atoms with Crippen LogP contribution in [-0.2, 0) is 9.59 Å². The number of anilines is 2. The van der Waals surface area contributed by atoms with Crippen LogP contribution in [-0.4, -0.2) is 66.7 Å². The molecular formula is C23H25N5O3. The molecule has 3 aromatic rings. The summed E-state index contributed by atoms with van der Waals surface area (Å²) in [5, 5.41) is 8.20. The van der Waals surface area contributed by atoms with E-state index in [0.717, 1.165) is 35.4 Å². The van der Waals surface area contributed by atoms with Crippen LogP contribution < -0.4 is 14.5 Å². The Morgan fingerprint density at radius 2 is 1.81 bits per heavy atom. The predicted molar refractivity (Wildman–Crippen MR) is 118 cm³/mol. The summed E-state index contributed by atoms with van der Waals surface area (Å²) in [7, 11) is 1.66. The largest absolute Gasteiger partial charge is 0.497 e. The molecule has 0 aliphatic carbocycles. The van der Waals surface area contributed by atoms with E-state index in [-0.39, 0.29) is 24.2 Å². The SMILES string of the molecule is COc1ccc(N2CCN(C(=O)[C@@H]3CC(=O)N(c4n[nH]c5ccccc45)C3)CC2)cc1. The lowest BCUT2D eigenvalue weighted by atomic mass is 10.1. The standard InChI is InChI=1S/C23H25N5O3/c1-31-18-8-6-17(7-9-18)26-10-12-27(13-11-26)23(30)16-14-21(29)28(15-16)22-19-4-2-3-5-20(19)24-25-22/h2-9,16H,10-15H2,1H3,(H,24,25)/t16-/m1/s1. The highest BCUT2D eigenvalue weighted by Gasteiger charge is 2.39. The number of H-pyrrole nitrogens is 1. The molecule has 2 aliphatic rings. The molecule has 2 amide bonds. The van der Waals surface area contributed by atoms with E-state index in [1.54, 1.807) is 12.0 Å². The van der Waals surface area contributed by atoms with Crippen molar-refractivity contribution in [2.24, 2.45) is 5.92 Å². The quantitative estimate of drug-likeness (QED) is 0.702. The van der Waals surface area contributed by atoms with Crippen LogP contribution >= 0.6 is 0 Å². The van der Waals surface area contributed by atoms with Crippen LogP contribution in [0.15, 0.2) is 48.5 Å². The van der Waals surface area contributed by atoms with Crippen LogP contribution in [0.5, 0.6) is 5.75 Å². The summed E-state index contributed by atoms with van der Waals surface area (Å²) in [5.74, 6) is 1.13. The summed E-state index contributed by atoms with van der Waals surface area (Å²) in [6.07, 6.45) is 0.235. The van der Waals surface area contributed by atoms with Gasteiger partial charge in [-0.3, -0.25) is 19.6 Å². The molecule has 2 fully saturated rings. The van der Waals surface area contributed by atoms with E-state index in [4.69, 9.17) is 4.74 Å². The normalized spacial score (nSPS) is 19.3. The van der Waals surface area contributed by atoms with Gasteiger partial charge < -0.3 is 14.5 Å². The fourth-order valence-electron chi connectivity index (χ4n) is 4.47. The number of rotatable bonds is 4. The van der Waals surface area contributed by atoms with Crippen molar-refractivity contribution >= 4 is 34.2 Å². The van der Waals surface area contributed by atoms with Crippen molar-refractivity contribution in [3.63, 3.8) is 0 Å². The number of nitrogens with zero attached hydrogens (tertiary/aromatic N) is 4. The second-order valence-electron chi connectivity index (χ2n) is 8.01. The third kappa shape index (κ3) is 3.58. The first-order valence-corrected chi connectivity index (χ1v) is 10.6. The van der Waals surface area contributed by atoms with Gasteiger partial charge in [0.2, 0.25) is 11.8 Å². The molecule has 8 heteroatoms. The van der Waals surface area contributed by atoms with Crippen LogP contribution in [0.25, 0.3) is 10.9 Å². The molecule has 31 heavy (non-hydrogen) atoms. The Labute approximate surface area is 180 Å². The number of benzene rings is 2. The molecule has 8 nitrogen and oxygen atoms in total. The number of ether oxygens (including phenoxy) is 1. The first-order valence-electron chi connectivity index (χ1n) is 10.6. The van der Waals surface area contributed by atoms with Gasteiger partial charge in [-0.05, 0) is 36.4 Å². The summed E-state index contributed by atoms with van der Waals surface area (Å²) in [6, 6.07) is 15.7. The molecular weight excluding hydrogens is 394 g/mol. The number of amides is 2. The van der Waals surface area contributed by atoms with Crippen molar-refractivity contribution in [3.8, 4) is 5.75 Å². The summed E-state index contributed by atoms with van der Waals surface area (Å²) >= 11 is 0. The van der Waals surface area contributed by atoms with Gasteiger partial charge in [-0.2, -0.15) is 5.10 Å². The van der Waals surface area contributed by atoms with E-state index in [2.05, 4.69) is 15.1 Å². The Hall–Kier alpha value is -3.55. The van der Waals surface area contributed by atoms with Gasteiger partial charge >= 0.3 is 0 Å². The number of hydrogen-bond donors (Lipinski definition) is 1. The van der Waals surface area contributed by atoms with E-state index >= 15 is 0 Å². The zero-order valence-corrected chi connectivity index (χ0v) is 17.5. The molecule has 0 unspecified atom stereocenters. The Kier molecular flexibility index (Phi) is 4.97. The lowest BCUT2D eigenvalue weighted by Gasteiger charge is -2.37. The number of carbonyl (C=O) groups is 2. The number of nitrogens with one attached hydrogen (secondary N) is 1. The molecule has 0 saturated carbocycles. The highest BCUT2D eigenvalue weighted by Crippen LogP contribution is 2.30. The van der Waals surface area contributed by atoms with Gasteiger partial charge in [0, 0.05) is 50.2 Å². The molecule has 5 rings (SSSR count). The third-order valence-electron chi connectivity index (χ3n) is 6.21. The molecule has 1 atom stereocenters. The van der Waals surface area contributed by atoms with Crippen LogP contribution in [0.1, 0.15) is 6.42 Å². The number of methoxy groups -OCH3 is 1. The highest BCUT2D eigenvalue weighted by atomic mass is 16.5. The molecule has 160 valence electrons. The minimum Gasteiger partial charge on any atom is -0.497 e. The monoisotopic (exact) mass is 419 g/mol. The molecule has 0 radical (unpaired) electrons. The first kappa shape index (κ1) is 19.4. The van der Waals surface area contributed by atoms with Crippen LogP contribution in [0.2, 0.25) is 0 Å². The number of carbonyl (C=O) groups excluding carboxylic acids is 2. The summed E-state index contributed by atoms with van der Waals surface area (Å²) in [5.41, 5.74) is 2.01. The van der Waals surface area contributed by atoms with Gasteiger partial charge in [0.15, 0.2) is 5.82 Å². The smallest absolute Gasteiger partial charge is 0.229 e. The van der Waals surface area contributed by atoms with Gasteiger partial charge in [0.1, 0.15) is 5.75 Å². The molecule has 0 spiro atoms. The molecule has 2 saturated heterocycles. The summed E-state index contributed by atoms with van der Waals surface area (Å²) < 4.78 is 5.22. The van der Waals surface area contributed by atoms with E-state index < -0.39 is 0 Å². The second-order valence-corrected chi connectivity index (χ2v) is 8.01. The molecule has 2 aliphatic heterocycles. The lowest BCUT2D eigenvalue weighted by molar-refractivity contribution is -0.136. The van der Waals surface area contributed by atoms with Crippen LogP contribution in [0, 0.1) is 5.92 Å². The van der Waals surface area contributed by atoms with Crippen molar-refractivity contribution in [1.82, 2.24) is 15.1 Å². The van der Waals surface area contributed by atoms with Crippen molar-refractivity contribution in [3.05, 3.63) is 48.5 Å². The van der Waals surface area contributed by atoms with Gasteiger partial charge in [-0.15, -0.1) is 0 Å². The maximum absolute atomic E-state index is 13.1. The second kappa shape index (κ2) is 7.94. The zero-order valence-electron chi connectivity index (χ0n) is 17.5. The average molecular weight is 419 g/mol. The van der Waals surface area contributed by atoms with E-state index in [0.29, 0.717) is 25.5 Å². The van der Waals surface area contributed by atoms with Crippen molar-refractivity contribution in [2.75, 3.05) is 49.6 Å². The van der Waals surface area contributed by atoms with E-state index in [1.807, 2.05) is 53.4 Å². The topological polar surface area (TPSA) is 81.8 Å². The Morgan fingerprint density at radius 3 is 2.55 bits per heavy atom. The molecule has 2 aromatic carbocycles. The lowest BCUT2D eigenvalue weighted by Crippen LogP contribution is -2.50. The highest BCUT2D eigenvalue weighted by molar-refractivity contribution is 6.05. The Morgan fingerprint density at radius 1 is 1.06 bits per heavy atom. The van der Waals surface area contributed by atoms with Gasteiger partial charge in [0.05, 0.1) is 18.5 Å². The van der Waals surface area contributed by atoms with Gasteiger partial charge in [-0.1, -0.05) is 12.1 Å². The summed E-state index contributed by atoms with van der Waals surface area (Å²) in [6.45, 7) is 3.23. The maximum atomic E-state index is 13.1. The van der Waals surface area contributed by atoms with Crippen molar-refractivity contribution in [1.29, 1.82) is 0 Å². The number of fused-ring (bicyclic) bond motifs is 1. The van der Waals surface area contributed by atoms with Crippen LogP contribution in [0.3, 0.4) is 0 Å². The van der Waals surface area contributed by atoms with Gasteiger partial charge in [0.25, 0.3) is 0 Å². The number of aromatic nitrogens is 2. The van der Waals surface area contributed by atoms with Crippen molar-refractivity contribution in [2.45, 2.75) is 6.42 Å².